The Morgan fingerprint density at radius 1 is 1.33 bits per heavy atom. The molecule has 1 heterocycles. The lowest BCUT2D eigenvalue weighted by atomic mass is 9.76. The van der Waals surface area contributed by atoms with Gasteiger partial charge in [-0.3, -0.25) is 0 Å². The first kappa shape index (κ1) is 9.08. The summed E-state index contributed by atoms with van der Waals surface area (Å²) in [4.78, 5) is 0. The molecule has 1 aromatic rings. The lowest BCUT2D eigenvalue weighted by molar-refractivity contribution is 0.407. The maximum absolute atomic E-state index is 9.60. The summed E-state index contributed by atoms with van der Waals surface area (Å²) in [6, 6.07) is 6.24. The zero-order valence-electron chi connectivity index (χ0n) is 9.09. The first-order valence-electron chi connectivity index (χ1n) is 5.82. The molecule has 1 unspecified atom stereocenters. The van der Waals surface area contributed by atoms with Crippen molar-refractivity contribution in [1.82, 2.24) is 0 Å². The molecule has 3 rings (SSSR count). The van der Waals surface area contributed by atoms with E-state index in [0.29, 0.717) is 17.2 Å². The fourth-order valence-corrected chi connectivity index (χ4v) is 3.38. The number of aromatic hydroxyl groups is 1. The normalized spacial score (nSPS) is 26.6. The molecule has 2 nitrogen and oxygen atoms in total. The van der Waals surface area contributed by atoms with Gasteiger partial charge in [0, 0.05) is 17.1 Å². The minimum atomic E-state index is 0.300. The van der Waals surface area contributed by atoms with Crippen molar-refractivity contribution in [3.8, 4) is 5.75 Å². The predicted octanol–water partition coefficient (Wildman–Crippen LogP) is 3.02. The quantitative estimate of drug-likeness (QED) is 0.635. The van der Waals surface area contributed by atoms with Crippen LogP contribution >= 0.6 is 0 Å². The van der Waals surface area contributed by atoms with E-state index < -0.39 is 0 Å². The molecule has 1 aliphatic heterocycles. The summed E-state index contributed by atoms with van der Waals surface area (Å²) in [7, 11) is 0. The highest BCUT2D eigenvalue weighted by atomic mass is 16.3. The third kappa shape index (κ3) is 1.11. The SMILES string of the molecule is CC1Nc2ccc(O)cc2C12CCCC2. The minimum Gasteiger partial charge on any atom is -0.508 e. The van der Waals surface area contributed by atoms with Crippen LogP contribution in [-0.2, 0) is 5.41 Å². The van der Waals surface area contributed by atoms with Crippen molar-refractivity contribution in [2.24, 2.45) is 0 Å². The topological polar surface area (TPSA) is 32.3 Å². The molecule has 0 amide bonds. The van der Waals surface area contributed by atoms with Gasteiger partial charge in [-0.25, -0.2) is 0 Å². The highest BCUT2D eigenvalue weighted by molar-refractivity contribution is 5.64. The van der Waals surface area contributed by atoms with Crippen LogP contribution in [0.4, 0.5) is 5.69 Å². The van der Waals surface area contributed by atoms with Crippen LogP contribution in [0.5, 0.6) is 5.75 Å². The van der Waals surface area contributed by atoms with E-state index in [2.05, 4.69) is 12.2 Å². The van der Waals surface area contributed by atoms with E-state index in [9.17, 15) is 5.11 Å². The average molecular weight is 203 g/mol. The molecule has 0 bridgehead atoms. The van der Waals surface area contributed by atoms with Crippen molar-refractivity contribution in [3.63, 3.8) is 0 Å². The van der Waals surface area contributed by atoms with Crippen molar-refractivity contribution >= 4 is 5.69 Å². The van der Waals surface area contributed by atoms with Gasteiger partial charge in [0.25, 0.3) is 0 Å². The van der Waals surface area contributed by atoms with Crippen molar-refractivity contribution in [2.75, 3.05) is 5.32 Å². The van der Waals surface area contributed by atoms with E-state index in [1.807, 2.05) is 12.1 Å². The third-order valence-electron chi connectivity index (χ3n) is 4.24. The van der Waals surface area contributed by atoms with Crippen LogP contribution in [0.1, 0.15) is 38.2 Å². The Labute approximate surface area is 90.3 Å². The van der Waals surface area contributed by atoms with Gasteiger partial charge in [-0.15, -0.1) is 0 Å². The molecule has 1 aromatic carbocycles. The number of anilines is 1. The summed E-state index contributed by atoms with van der Waals surface area (Å²) >= 11 is 0. The van der Waals surface area contributed by atoms with Crippen LogP contribution in [0.25, 0.3) is 0 Å². The second-order valence-corrected chi connectivity index (χ2v) is 4.96. The van der Waals surface area contributed by atoms with Gasteiger partial charge in [-0.1, -0.05) is 12.8 Å². The number of fused-ring (bicyclic) bond motifs is 2. The van der Waals surface area contributed by atoms with E-state index in [4.69, 9.17) is 0 Å². The minimum absolute atomic E-state index is 0.300. The van der Waals surface area contributed by atoms with E-state index >= 15 is 0 Å². The van der Waals surface area contributed by atoms with Gasteiger partial charge in [0.15, 0.2) is 0 Å². The molecule has 2 N–H and O–H groups in total. The number of benzene rings is 1. The number of hydrogen-bond donors (Lipinski definition) is 2. The molecule has 0 aromatic heterocycles. The summed E-state index contributed by atoms with van der Waals surface area (Å²) in [5.74, 6) is 0.399. The number of phenols is 1. The molecule has 1 spiro atoms. The van der Waals surface area contributed by atoms with Gasteiger partial charge in [0.1, 0.15) is 5.75 Å². The Hall–Kier alpha value is -1.18. The van der Waals surface area contributed by atoms with Crippen molar-refractivity contribution < 1.29 is 5.11 Å². The molecule has 80 valence electrons. The zero-order valence-corrected chi connectivity index (χ0v) is 9.09. The molecule has 1 aliphatic carbocycles. The van der Waals surface area contributed by atoms with Gasteiger partial charge < -0.3 is 10.4 Å². The highest BCUT2D eigenvalue weighted by Crippen LogP contribution is 2.51. The fraction of sp³-hybridized carbons (Fsp3) is 0.538. The zero-order chi connectivity index (χ0) is 10.5. The summed E-state index contributed by atoms with van der Waals surface area (Å²) < 4.78 is 0. The molecule has 1 fully saturated rings. The Morgan fingerprint density at radius 3 is 2.80 bits per heavy atom. The predicted molar refractivity (Wildman–Crippen MR) is 61.3 cm³/mol. The Balaban J connectivity index is 2.15. The van der Waals surface area contributed by atoms with E-state index in [0.717, 1.165) is 0 Å². The van der Waals surface area contributed by atoms with Gasteiger partial charge in [-0.05, 0) is 43.5 Å². The number of phenolic OH excluding ortho intramolecular Hbond substituents is 1. The van der Waals surface area contributed by atoms with Crippen LogP contribution < -0.4 is 5.32 Å². The maximum atomic E-state index is 9.60. The molecule has 15 heavy (non-hydrogen) atoms. The first-order chi connectivity index (χ1) is 7.22. The maximum Gasteiger partial charge on any atom is 0.116 e. The molecule has 0 radical (unpaired) electrons. The summed E-state index contributed by atoms with van der Waals surface area (Å²) in [6.07, 6.45) is 5.16. The molecule has 1 saturated carbocycles. The van der Waals surface area contributed by atoms with Gasteiger partial charge in [0.05, 0.1) is 0 Å². The highest BCUT2D eigenvalue weighted by Gasteiger charge is 2.46. The van der Waals surface area contributed by atoms with Crippen molar-refractivity contribution in [2.45, 2.75) is 44.1 Å². The smallest absolute Gasteiger partial charge is 0.116 e. The van der Waals surface area contributed by atoms with Gasteiger partial charge in [0.2, 0.25) is 0 Å². The standard InChI is InChI=1S/C13H17NO/c1-9-13(6-2-3-7-13)11-8-10(15)4-5-12(11)14-9/h4-5,8-9,14-15H,2-3,6-7H2,1H3. The van der Waals surface area contributed by atoms with Gasteiger partial charge in [-0.2, -0.15) is 0 Å². The summed E-state index contributed by atoms with van der Waals surface area (Å²) in [6.45, 7) is 2.27. The molecule has 1 atom stereocenters. The Morgan fingerprint density at radius 2 is 2.07 bits per heavy atom. The monoisotopic (exact) mass is 203 g/mol. The molecule has 2 aliphatic rings. The first-order valence-corrected chi connectivity index (χ1v) is 5.82. The second-order valence-electron chi connectivity index (χ2n) is 4.96. The van der Waals surface area contributed by atoms with Gasteiger partial charge >= 0.3 is 0 Å². The average Bonchev–Trinajstić information content (AvgIpc) is 2.78. The number of nitrogens with one attached hydrogen (secondary N) is 1. The fourth-order valence-electron chi connectivity index (χ4n) is 3.38. The van der Waals surface area contributed by atoms with Crippen molar-refractivity contribution in [3.05, 3.63) is 23.8 Å². The molecular weight excluding hydrogens is 186 g/mol. The summed E-state index contributed by atoms with van der Waals surface area (Å²) in [5, 5.41) is 13.1. The Kier molecular flexibility index (Phi) is 1.76. The number of rotatable bonds is 0. The molecule has 0 saturated heterocycles. The lowest BCUT2D eigenvalue weighted by Gasteiger charge is -2.28. The van der Waals surface area contributed by atoms with Crippen LogP contribution in [0.15, 0.2) is 18.2 Å². The molecular formula is C13H17NO. The van der Waals surface area contributed by atoms with Crippen LogP contribution in [0, 0.1) is 0 Å². The van der Waals surface area contributed by atoms with E-state index in [1.54, 1.807) is 6.07 Å². The van der Waals surface area contributed by atoms with E-state index in [-0.39, 0.29) is 0 Å². The molecule has 2 heteroatoms. The van der Waals surface area contributed by atoms with Crippen LogP contribution in [0.3, 0.4) is 0 Å². The summed E-state index contributed by atoms with van der Waals surface area (Å²) in [5.41, 5.74) is 2.86. The van der Waals surface area contributed by atoms with Crippen molar-refractivity contribution in [1.29, 1.82) is 0 Å². The van der Waals surface area contributed by atoms with Crippen LogP contribution in [-0.4, -0.2) is 11.1 Å². The Bertz CT molecular complexity index is 394. The second kappa shape index (κ2) is 2.91. The lowest BCUT2D eigenvalue weighted by Crippen LogP contribution is -2.33. The number of hydrogen-bond acceptors (Lipinski definition) is 2. The third-order valence-corrected chi connectivity index (χ3v) is 4.24. The van der Waals surface area contributed by atoms with Crippen LogP contribution in [0.2, 0.25) is 0 Å². The van der Waals surface area contributed by atoms with E-state index in [1.165, 1.54) is 36.9 Å². The largest absolute Gasteiger partial charge is 0.508 e.